The lowest BCUT2D eigenvalue weighted by Crippen LogP contribution is -2.35. The van der Waals surface area contributed by atoms with Gasteiger partial charge in [0.2, 0.25) is 10.0 Å². The van der Waals surface area contributed by atoms with Gasteiger partial charge in [-0.3, -0.25) is 4.79 Å². The highest BCUT2D eigenvalue weighted by Crippen LogP contribution is 2.31. The van der Waals surface area contributed by atoms with Gasteiger partial charge in [-0.25, -0.2) is 8.42 Å². The number of nitrogens with zero attached hydrogens (tertiary/aromatic N) is 1. The first kappa shape index (κ1) is 23.9. The Morgan fingerprint density at radius 2 is 1.66 bits per heavy atom. The van der Waals surface area contributed by atoms with Crippen LogP contribution in [0.2, 0.25) is 0 Å². The highest BCUT2D eigenvalue weighted by atomic mass is 32.2. The van der Waals surface area contributed by atoms with E-state index < -0.39 is 22.5 Å². The van der Waals surface area contributed by atoms with Crippen molar-refractivity contribution in [2.24, 2.45) is 0 Å². The summed E-state index contributed by atoms with van der Waals surface area (Å²) in [6.45, 7) is 1.58. The number of sulfonamides is 1. The molecule has 0 spiro atoms. The van der Waals surface area contributed by atoms with E-state index in [0.29, 0.717) is 18.8 Å². The Morgan fingerprint density at radius 3 is 2.25 bits per heavy atom. The smallest absolute Gasteiger partial charge is 0.387 e. The summed E-state index contributed by atoms with van der Waals surface area (Å²) >= 11 is 0. The molecule has 1 amide bonds. The zero-order valence-electron chi connectivity index (χ0n) is 17.9. The van der Waals surface area contributed by atoms with E-state index in [1.54, 1.807) is 0 Å². The van der Waals surface area contributed by atoms with Crippen molar-refractivity contribution in [2.45, 2.75) is 50.7 Å². The molecule has 0 radical (unpaired) electrons. The third kappa shape index (κ3) is 5.95. The zero-order chi connectivity index (χ0) is 23.3. The van der Waals surface area contributed by atoms with E-state index >= 15 is 0 Å². The fourth-order valence-electron chi connectivity index (χ4n) is 3.36. The van der Waals surface area contributed by atoms with Crippen molar-refractivity contribution < 1.29 is 31.5 Å². The van der Waals surface area contributed by atoms with Gasteiger partial charge in [0.05, 0.1) is 16.7 Å². The maximum absolute atomic E-state index is 13.1. The Morgan fingerprint density at radius 1 is 1.00 bits per heavy atom. The van der Waals surface area contributed by atoms with Crippen molar-refractivity contribution in [2.75, 3.05) is 18.4 Å². The minimum Gasteiger partial charge on any atom is -0.489 e. The van der Waals surface area contributed by atoms with Gasteiger partial charge in [0.1, 0.15) is 11.5 Å². The lowest BCUT2D eigenvalue weighted by atomic mass is 10.2. The van der Waals surface area contributed by atoms with Crippen molar-refractivity contribution in [3.8, 4) is 11.5 Å². The highest BCUT2D eigenvalue weighted by molar-refractivity contribution is 7.89. The summed E-state index contributed by atoms with van der Waals surface area (Å²) in [5, 5.41) is 2.67. The first-order chi connectivity index (χ1) is 15.2. The molecule has 0 aliphatic carbocycles. The van der Waals surface area contributed by atoms with E-state index in [2.05, 4.69) is 10.1 Å². The zero-order valence-corrected chi connectivity index (χ0v) is 18.7. The lowest BCUT2D eigenvalue weighted by Gasteiger charge is -2.26. The summed E-state index contributed by atoms with van der Waals surface area (Å²) < 4.78 is 62.2. The molecule has 32 heavy (non-hydrogen) atoms. The number of ether oxygens (including phenoxy) is 2. The minimum atomic E-state index is -3.71. The van der Waals surface area contributed by atoms with E-state index in [1.165, 1.54) is 46.8 Å². The molecule has 1 fully saturated rings. The van der Waals surface area contributed by atoms with E-state index in [1.807, 2.05) is 13.8 Å². The van der Waals surface area contributed by atoms with Crippen molar-refractivity contribution in [1.82, 2.24) is 4.31 Å². The average molecular weight is 469 g/mol. The molecule has 1 N–H and O–H groups in total. The number of nitrogens with one attached hydrogen (secondary N) is 1. The number of benzene rings is 2. The topological polar surface area (TPSA) is 84.9 Å². The molecular weight excluding hydrogens is 442 g/mol. The molecule has 3 rings (SSSR count). The molecule has 2 aromatic rings. The monoisotopic (exact) mass is 468 g/mol. The van der Waals surface area contributed by atoms with Crippen LogP contribution in [0.1, 0.15) is 43.5 Å². The van der Waals surface area contributed by atoms with Gasteiger partial charge in [0.25, 0.3) is 5.91 Å². The summed E-state index contributed by atoms with van der Waals surface area (Å²) in [7, 11) is -3.71. The Hall–Kier alpha value is -2.72. The van der Waals surface area contributed by atoms with Crippen molar-refractivity contribution in [1.29, 1.82) is 0 Å². The molecular formula is C22H26F2N2O5S. The van der Waals surface area contributed by atoms with Crippen LogP contribution in [0.15, 0.2) is 47.4 Å². The van der Waals surface area contributed by atoms with Crippen molar-refractivity contribution >= 4 is 21.6 Å². The number of anilines is 1. The molecule has 1 aliphatic heterocycles. The molecule has 174 valence electrons. The van der Waals surface area contributed by atoms with Crippen LogP contribution in [-0.2, 0) is 10.0 Å². The Bertz CT molecular complexity index is 1040. The molecule has 1 heterocycles. The van der Waals surface area contributed by atoms with Crippen molar-refractivity contribution in [3.63, 3.8) is 0 Å². The number of rotatable bonds is 8. The number of piperidine rings is 1. The summed E-state index contributed by atoms with van der Waals surface area (Å²) in [5.41, 5.74) is 0.390. The van der Waals surface area contributed by atoms with Crippen molar-refractivity contribution in [3.05, 3.63) is 48.0 Å². The second kappa shape index (κ2) is 10.3. The number of alkyl halides is 2. The van der Waals surface area contributed by atoms with E-state index in [0.717, 1.165) is 19.3 Å². The second-order valence-electron chi connectivity index (χ2n) is 7.65. The number of carbonyl (C=O) groups is 1. The first-order valence-electron chi connectivity index (χ1n) is 10.3. The fraction of sp³-hybridized carbons (Fsp3) is 0.409. The Labute approximate surface area is 186 Å². The molecule has 10 heteroatoms. The maximum Gasteiger partial charge on any atom is 0.387 e. The largest absolute Gasteiger partial charge is 0.489 e. The SMILES string of the molecule is CC(C)Oc1ccc(S(=O)(=O)N2CCCCC2)cc1NC(=O)c1ccc(OC(F)F)cc1. The van der Waals surface area contributed by atoms with Crippen LogP contribution >= 0.6 is 0 Å². The average Bonchev–Trinajstić information content (AvgIpc) is 2.75. The van der Waals surface area contributed by atoms with Crippen LogP contribution in [0, 0.1) is 0 Å². The quantitative estimate of drug-likeness (QED) is 0.617. The number of amides is 1. The van der Waals surface area contributed by atoms with Crippen LogP contribution < -0.4 is 14.8 Å². The normalized spacial score (nSPS) is 15.1. The van der Waals surface area contributed by atoms with Gasteiger partial charge in [-0.05, 0) is 69.2 Å². The maximum atomic E-state index is 13.1. The van der Waals surface area contributed by atoms with Crippen LogP contribution in [0.3, 0.4) is 0 Å². The number of hydrogen-bond donors (Lipinski definition) is 1. The van der Waals surface area contributed by atoms with Gasteiger partial charge < -0.3 is 14.8 Å². The minimum absolute atomic E-state index is 0.0616. The standard InChI is InChI=1S/C22H26F2N2O5S/c1-15(2)30-20-11-10-18(32(28,29)26-12-4-3-5-13-26)14-19(20)25-21(27)16-6-8-17(9-7-16)31-22(23)24/h6-11,14-15,22H,3-5,12-13H2,1-2H3,(H,25,27). The van der Waals surface area contributed by atoms with Gasteiger partial charge >= 0.3 is 6.61 Å². The third-order valence-corrected chi connectivity index (χ3v) is 6.75. The molecule has 1 saturated heterocycles. The van der Waals surface area contributed by atoms with Gasteiger partial charge in [-0.2, -0.15) is 13.1 Å². The summed E-state index contributed by atoms with van der Waals surface area (Å²) in [4.78, 5) is 12.8. The molecule has 0 atom stereocenters. The van der Waals surface area contributed by atoms with E-state index in [9.17, 15) is 22.0 Å². The van der Waals surface area contributed by atoms with Gasteiger partial charge in [0, 0.05) is 18.7 Å². The lowest BCUT2D eigenvalue weighted by molar-refractivity contribution is -0.0498. The molecule has 0 saturated carbocycles. The van der Waals surface area contributed by atoms with Gasteiger partial charge in [0.15, 0.2) is 0 Å². The van der Waals surface area contributed by atoms with E-state index in [-0.39, 0.29) is 28.0 Å². The van der Waals surface area contributed by atoms with E-state index in [4.69, 9.17) is 4.74 Å². The summed E-state index contributed by atoms with van der Waals surface area (Å²) in [5.74, 6) is -0.298. The first-order valence-corrected chi connectivity index (χ1v) is 11.8. The fourth-order valence-corrected chi connectivity index (χ4v) is 4.90. The third-order valence-electron chi connectivity index (χ3n) is 4.86. The molecule has 2 aromatic carbocycles. The molecule has 1 aliphatic rings. The summed E-state index contributed by atoms with van der Waals surface area (Å²) in [6, 6.07) is 9.55. The van der Waals surface area contributed by atoms with Crippen LogP contribution in [-0.4, -0.2) is 44.4 Å². The molecule has 7 nitrogen and oxygen atoms in total. The van der Waals surface area contributed by atoms with Gasteiger partial charge in [-0.15, -0.1) is 0 Å². The van der Waals surface area contributed by atoms with Gasteiger partial charge in [-0.1, -0.05) is 6.42 Å². The van der Waals surface area contributed by atoms with Crippen LogP contribution in [0.5, 0.6) is 11.5 Å². The number of hydrogen-bond acceptors (Lipinski definition) is 5. The number of halogens is 2. The molecule has 0 aromatic heterocycles. The Kier molecular flexibility index (Phi) is 7.68. The predicted molar refractivity (Wildman–Crippen MR) is 116 cm³/mol. The number of carbonyl (C=O) groups excluding carboxylic acids is 1. The highest BCUT2D eigenvalue weighted by Gasteiger charge is 2.27. The Balaban J connectivity index is 1.87. The van der Waals surface area contributed by atoms with Crippen LogP contribution in [0.4, 0.5) is 14.5 Å². The van der Waals surface area contributed by atoms with Crippen LogP contribution in [0.25, 0.3) is 0 Å². The predicted octanol–water partition coefficient (Wildman–Crippen LogP) is 4.50. The molecule has 0 unspecified atom stereocenters. The molecule has 0 bridgehead atoms. The summed E-state index contributed by atoms with van der Waals surface area (Å²) in [6.07, 6.45) is 2.40. The second-order valence-corrected chi connectivity index (χ2v) is 9.58.